The lowest BCUT2D eigenvalue weighted by molar-refractivity contribution is -0.143. The van der Waals surface area contributed by atoms with Crippen molar-refractivity contribution in [3.63, 3.8) is 0 Å². The van der Waals surface area contributed by atoms with Crippen molar-refractivity contribution in [3.8, 4) is 0 Å². The third-order valence-corrected chi connectivity index (χ3v) is 9.41. The maximum atomic E-state index is 14.7. The zero-order valence-corrected chi connectivity index (χ0v) is 31.8. The van der Waals surface area contributed by atoms with Crippen LogP contribution in [-0.2, 0) is 32.1 Å². The van der Waals surface area contributed by atoms with Gasteiger partial charge in [0.05, 0.1) is 12.1 Å². The number of benzene rings is 3. The summed E-state index contributed by atoms with van der Waals surface area (Å²) in [6.45, 7) is 12.3. The molecular weight excluding hydrogens is 656 g/mol. The second-order valence-electron chi connectivity index (χ2n) is 14.7. The summed E-state index contributed by atoms with van der Waals surface area (Å²) in [4.78, 5) is 56.0. The molecule has 0 aliphatic carbocycles. The van der Waals surface area contributed by atoms with E-state index in [9.17, 15) is 24.3 Å². The summed E-state index contributed by atoms with van der Waals surface area (Å²) >= 11 is 0. The largest absolute Gasteiger partial charge is 0.445 e. The molecule has 5 atom stereocenters. The van der Waals surface area contributed by atoms with Crippen LogP contribution in [0.4, 0.5) is 4.79 Å². The number of amides is 4. The molecule has 0 heterocycles. The lowest BCUT2D eigenvalue weighted by Gasteiger charge is -2.40. The second kappa shape index (κ2) is 21.2. The summed E-state index contributed by atoms with van der Waals surface area (Å²) in [7, 11) is 0. The van der Waals surface area contributed by atoms with Gasteiger partial charge in [-0.1, -0.05) is 127 Å². The Balaban J connectivity index is 1.96. The van der Waals surface area contributed by atoms with E-state index in [1.165, 1.54) is 0 Å². The third-order valence-electron chi connectivity index (χ3n) is 9.41. The van der Waals surface area contributed by atoms with Crippen molar-refractivity contribution in [2.75, 3.05) is 6.54 Å². The first kappa shape index (κ1) is 42.0. The number of carbonyl (C=O) groups is 4. The van der Waals surface area contributed by atoms with Crippen LogP contribution in [0.5, 0.6) is 0 Å². The Labute approximate surface area is 309 Å². The highest BCUT2D eigenvalue weighted by molar-refractivity contribution is 5.93. The van der Waals surface area contributed by atoms with Crippen molar-refractivity contribution in [1.29, 1.82) is 0 Å². The number of nitrogens with one attached hydrogen (secondary N) is 2. The fourth-order valence-electron chi connectivity index (χ4n) is 6.63. The van der Waals surface area contributed by atoms with Gasteiger partial charge < -0.3 is 31.1 Å². The molecule has 3 rings (SSSR count). The van der Waals surface area contributed by atoms with E-state index in [1.807, 2.05) is 114 Å². The van der Waals surface area contributed by atoms with Gasteiger partial charge in [-0.25, -0.2) is 4.79 Å². The van der Waals surface area contributed by atoms with Gasteiger partial charge in [0.1, 0.15) is 18.7 Å². The number of unbranched alkanes of at least 4 members (excludes halogenated alkanes) is 1. The van der Waals surface area contributed by atoms with Crippen molar-refractivity contribution >= 4 is 34.6 Å². The first-order chi connectivity index (χ1) is 24.8. The quantitative estimate of drug-likeness (QED) is 0.0987. The molecule has 0 fully saturated rings. The van der Waals surface area contributed by atoms with E-state index in [0.717, 1.165) is 28.3 Å². The molecule has 4 amide bonds. The van der Waals surface area contributed by atoms with Gasteiger partial charge in [-0.05, 0) is 59.4 Å². The molecule has 5 N–H and O–H groups in total. The molecule has 52 heavy (non-hydrogen) atoms. The molecule has 10 nitrogen and oxygen atoms in total. The fourth-order valence-corrected chi connectivity index (χ4v) is 6.63. The van der Waals surface area contributed by atoms with Crippen LogP contribution in [0, 0.1) is 17.8 Å². The number of hydrogen-bond donors (Lipinski definition) is 4. The molecule has 0 saturated heterocycles. The Morgan fingerprint density at radius 3 is 2.13 bits per heavy atom. The van der Waals surface area contributed by atoms with Crippen molar-refractivity contribution < 1.29 is 29.0 Å². The maximum Gasteiger partial charge on any atom is 0.408 e. The predicted molar refractivity (Wildman–Crippen MR) is 206 cm³/mol. The predicted octanol–water partition coefficient (Wildman–Crippen LogP) is 6.51. The number of aliphatic hydroxyl groups excluding tert-OH is 1. The molecule has 0 saturated carbocycles. The summed E-state index contributed by atoms with van der Waals surface area (Å²) in [6, 6.07) is 20.4. The van der Waals surface area contributed by atoms with E-state index in [0.29, 0.717) is 32.2 Å². The normalized spacial score (nSPS) is 14.3. The molecule has 0 spiro atoms. The van der Waals surface area contributed by atoms with Crippen LogP contribution in [-0.4, -0.2) is 64.6 Å². The molecule has 10 heteroatoms. The summed E-state index contributed by atoms with van der Waals surface area (Å²) in [5.74, 6) is -1.63. The van der Waals surface area contributed by atoms with Gasteiger partial charge in [-0.2, -0.15) is 0 Å². The Hall–Kier alpha value is -4.44. The van der Waals surface area contributed by atoms with Crippen molar-refractivity contribution in [1.82, 2.24) is 15.5 Å². The van der Waals surface area contributed by atoms with Crippen LogP contribution in [0.2, 0.25) is 0 Å². The van der Waals surface area contributed by atoms with E-state index in [2.05, 4.69) is 10.6 Å². The molecule has 0 radical (unpaired) electrons. The number of primary amides is 1. The summed E-state index contributed by atoms with van der Waals surface area (Å²) in [5, 5.41) is 19.4. The number of rotatable bonds is 21. The van der Waals surface area contributed by atoms with E-state index in [1.54, 1.807) is 4.90 Å². The van der Waals surface area contributed by atoms with Crippen molar-refractivity contribution in [3.05, 3.63) is 83.9 Å². The van der Waals surface area contributed by atoms with Gasteiger partial charge >= 0.3 is 6.09 Å². The number of hydrogen-bond acceptors (Lipinski definition) is 6. The molecule has 0 aliphatic rings. The van der Waals surface area contributed by atoms with Crippen LogP contribution in [0.25, 0.3) is 10.8 Å². The lowest BCUT2D eigenvalue weighted by Crippen LogP contribution is -2.58. The van der Waals surface area contributed by atoms with Crippen molar-refractivity contribution in [2.45, 2.75) is 117 Å². The zero-order chi connectivity index (χ0) is 38.2. The standard InChI is InChI=1S/C42H60N4O6/c1-7-9-22-35(41(50)46(26-29(5)6)37(23-28(3)4)38(47)25-31(8-2)39(43)48)44-40(49)36(45-42(51)52-27-30-16-11-10-12-17-30)24-33-20-15-19-32-18-13-14-21-34(32)33/h10-21,28-29,31,35-38,47H,7-9,22-27H2,1-6H3,(H2,43,48)(H,44,49)(H,45,51)/t31-,35-,36-,37-,38-/m0/s1. The van der Waals surface area contributed by atoms with Crippen LogP contribution >= 0.6 is 0 Å². The first-order valence-corrected chi connectivity index (χ1v) is 18.9. The molecule has 3 aromatic rings. The lowest BCUT2D eigenvalue weighted by atomic mass is 9.88. The zero-order valence-electron chi connectivity index (χ0n) is 31.8. The smallest absolute Gasteiger partial charge is 0.408 e. The number of ether oxygens (including phenoxy) is 1. The molecule has 0 bridgehead atoms. The number of alkyl carbamates (subject to hydrolysis) is 1. The number of nitrogens with two attached hydrogens (primary N) is 1. The summed E-state index contributed by atoms with van der Waals surface area (Å²) < 4.78 is 5.52. The highest BCUT2D eigenvalue weighted by Crippen LogP contribution is 2.25. The number of fused-ring (bicyclic) bond motifs is 1. The van der Waals surface area contributed by atoms with Gasteiger partial charge in [0.25, 0.3) is 0 Å². The molecule has 0 aliphatic heterocycles. The SMILES string of the molecule is CCCC[C@H](NC(=O)[C@H](Cc1cccc2ccccc12)NC(=O)OCc1ccccc1)C(=O)N(CC(C)C)[C@@H](CC(C)C)[C@@H](O)C[C@H](CC)C(N)=O. The molecular formula is C42H60N4O6. The highest BCUT2D eigenvalue weighted by Gasteiger charge is 2.37. The minimum Gasteiger partial charge on any atom is -0.445 e. The van der Waals surface area contributed by atoms with Crippen LogP contribution in [0.3, 0.4) is 0 Å². The van der Waals surface area contributed by atoms with Gasteiger partial charge in [0.15, 0.2) is 0 Å². The molecule has 3 aromatic carbocycles. The topological polar surface area (TPSA) is 151 Å². The van der Waals surface area contributed by atoms with Gasteiger partial charge in [0.2, 0.25) is 17.7 Å². The number of aliphatic hydroxyl groups is 1. The minimum absolute atomic E-state index is 0.0330. The summed E-state index contributed by atoms with van der Waals surface area (Å²) in [6.07, 6.45) is 1.38. The van der Waals surface area contributed by atoms with Crippen LogP contribution in [0.15, 0.2) is 72.8 Å². The number of carbonyl (C=O) groups excluding carboxylic acids is 4. The molecule has 284 valence electrons. The highest BCUT2D eigenvalue weighted by atomic mass is 16.5. The first-order valence-electron chi connectivity index (χ1n) is 18.9. The Morgan fingerprint density at radius 1 is 0.827 bits per heavy atom. The summed E-state index contributed by atoms with van der Waals surface area (Å²) in [5.41, 5.74) is 7.32. The third kappa shape index (κ3) is 13.0. The van der Waals surface area contributed by atoms with Gasteiger partial charge in [-0.3, -0.25) is 14.4 Å². The average Bonchev–Trinajstić information content (AvgIpc) is 3.12. The van der Waals surface area contributed by atoms with E-state index in [4.69, 9.17) is 10.5 Å². The molecule has 0 unspecified atom stereocenters. The monoisotopic (exact) mass is 716 g/mol. The Bertz CT molecular complexity index is 1570. The fraction of sp³-hybridized carbons (Fsp3) is 0.524. The number of nitrogens with zero attached hydrogens (tertiary/aromatic N) is 1. The van der Waals surface area contributed by atoms with E-state index < -0.39 is 48.1 Å². The van der Waals surface area contributed by atoms with E-state index in [-0.39, 0.29) is 37.2 Å². The Morgan fingerprint density at radius 2 is 1.50 bits per heavy atom. The van der Waals surface area contributed by atoms with Gasteiger partial charge in [-0.15, -0.1) is 0 Å². The minimum atomic E-state index is -1.05. The maximum absolute atomic E-state index is 14.7. The van der Waals surface area contributed by atoms with E-state index >= 15 is 0 Å². The second-order valence-corrected chi connectivity index (χ2v) is 14.7. The van der Waals surface area contributed by atoms with Gasteiger partial charge in [0, 0.05) is 18.9 Å². The van der Waals surface area contributed by atoms with Crippen LogP contribution < -0.4 is 16.4 Å². The average molecular weight is 717 g/mol. The van der Waals surface area contributed by atoms with Crippen LogP contribution in [0.1, 0.15) is 91.2 Å². The molecule has 0 aromatic heterocycles. The van der Waals surface area contributed by atoms with Crippen molar-refractivity contribution in [2.24, 2.45) is 23.5 Å². The Kier molecular flexibility index (Phi) is 17.1.